The second-order valence-electron chi connectivity index (χ2n) is 5.78. The van der Waals surface area contributed by atoms with Crippen molar-refractivity contribution in [3.63, 3.8) is 0 Å². The van der Waals surface area contributed by atoms with E-state index >= 15 is 0 Å². The number of carbonyl (C=O) groups excluding carboxylic acids is 1. The van der Waals surface area contributed by atoms with E-state index in [0.717, 1.165) is 0 Å². The van der Waals surface area contributed by atoms with Crippen molar-refractivity contribution in [2.75, 3.05) is 5.73 Å². The van der Waals surface area contributed by atoms with Gasteiger partial charge in [0, 0.05) is 5.56 Å². The number of aromatic nitrogens is 2. The summed E-state index contributed by atoms with van der Waals surface area (Å²) in [5.74, 6) is -0.209. The minimum absolute atomic E-state index is 0.238. The van der Waals surface area contributed by atoms with Crippen LogP contribution < -0.4 is 5.73 Å². The summed E-state index contributed by atoms with van der Waals surface area (Å²) in [7, 11) is 0. The molecular formula is C20H14N8O. The molecule has 1 aromatic heterocycles. The number of nitriles is 2. The number of hydrogen-bond acceptors (Lipinski definition) is 8. The van der Waals surface area contributed by atoms with Gasteiger partial charge in [0.25, 0.3) is 0 Å². The Morgan fingerprint density at radius 3 is 2.62 bits per heavy atom. The highest BCUT2D eigenvalue weighted by Crippen LogP contribution is 2.29. The lowest BCUT2D eigenvalue weighted by Gasteiger charge is -2.08. The minimum Gasteiger partial charge on any atom is -0.397 e. The number of nitrogens with two attached hydrogens (primary N) is 1. The zero-order valence-corrected chi connectivity index (χ0v) is 15.1. The van der Waals surface area contributed by atoms with Crippen LogP contribution in [-0.2, 0) is 0 Å². The Morgan fingerprint density at radius 2 is 1.97 bits per heavy atom. The maximum absolute atomic E-state index is 12.4. The SMILES string of the molecule is C=Nc1c(C#N)cnn1-c1cc(/N=N/C(C#N)C(=O)c2ccccc2)ccc1N. The molecule has 0 spiro atoms. The molecule has 1 atom stereocenters. The molecule has 2 N–H and O–H groups in total. The van der Waals surface area contributed by atoms with Crippen LogP contribution in [0.25, 0.3) is 5.69 Å². The van der Waals surface area contributed by atoms with E-state index in [1.165, 1.54) is 10.9 Å². The fraction of sp³-hybridized carbons (Fsp3) is 0.0500. The smallest absolute Gasteiger partial charge is 0.219 e. The molecule has 1 unspecified atom stereocenters. The summed E-state index contributed by atoms with van der Waals surface area (Å²) in [5.41, 5.74) is 7.75. The van der Waals surface area contributed by atoms with E-state index in [-0.39, 0.29) is 11.4 Å². The summed E-state index contributed by atoms with van der Waals surface area (Å²) in [4.78, 5) is 16.2. The summed E-state index contributed by atoms with van der Waals surface area (Å²) < 4.78 is 1.36. The Bertz CT molecular complexity index is 1180. The van der Waals surface area contributed by atoms with Gasteiger partial charge in [0.05, 0.1) is 29.3 Å². The maximum Gasteiger partial charge on any atom is 0.219 e. The predicted molar refractivity (Wildman–Crippen MR) is 107 cm³/mol. The number of nitrogens with zero attached hydrogens (tertiary/aromatic N) is 7. The first-order chi connectivity index (χ1) is 14.1. The molecule has 3 rings (SSSR count). The number of benzene rings is 2. The Kier molecular flexibility index (Phi) is 5.53. The van der Waals surface area contributed by atoms with Crippen molar-refractivity contribution in [3.8, 4) is 17.8 Å². The van der Waals surface area contributed by atoms with Crippen LogP contribution in [0, 0.1) is 22.7 Å². The van der Waals surface area contributed by atoms with E-state index < -0.39 is 11.8 Å². The van der Waals surface area contributed by atoms with Gasteiger partial charge in [-0.2, -0.15) is 25.9 Å². The molecule has 1 heterocycles. The lowest BCUT2D eigenvalue weighted by Crippen LogP contribution is -2.16. The molecule has 0 saturated carbocycles. The molecule has 0 aliphatic carbocycles. The summed E-state index contributed by atoms with van der Waals surface area (Å²) in [6.07, 6.45) is 1.35. The number of rotatable bonds is 6. The molecule has 3 aromatic rings. The van der Waals surface area contributed by atoms with Gasteiger partial charge in [-0.15, -0.1) is 0 Å². The van der Waals surface area contributed by atoms with Crippen LogP contribution in [-0.4, -0.2) is 28.3 Å². The van der Waals surface area contributed by atoms with E-state index in [1.807, 2.05) is 12.1 Å². The molecule has 9 nitrogen and oxygen atoms in total. The Hall–Kier alpha value is -4.63. The third-order valence-corrected chi connectivity index (χ3v) is 3.97. The van der Waals surface area contributed by atoms with Gasteiger partial charge in [0.15, 0.2) is 5.82 Å². The van der Waals surface area contributed by atoms with Crippen LogP contribution in [0.4, 0.5) is 17.2 Å². The Balaban J connectivity index is 1.93. The number of aliphatic imine (C=N–C) groups is 1. The summed E-state index contributed by atoms with van der Waals surface area (Å²) in [5, 5.41) is 30.4. The number of Topliss-reactive ketones (excluding diaryl/α,β-unsaturated/α-hetero) is 1. The van der Waals surface area contributed by atoms with Gasteiger partial charge in [-0.1, -0.05) is 30.3 Å². The highest BCUT2D eigenvalue weighted by Gasteiger charge is 2.19. The average Bonchev–Trinajstić information content (AvgIpc) is 3.18. The molecule has 140 valence electrons. The third kappa shape index (κ3) is 3.89. The van der Waals surface area contributed by atoms with Crippen molar-refractivity contribution in [1.82, 2.24) is 9.78 Å². The Morgan fingerprint density at radius 1 is 1.21 bits per heavy atom. The van der Waals surface area contributed by atoms with Crippen LogP contribution in [0.2, 0.25) is 0 Å². The molecular weight excluding hydrogens is 368 g/mol. The number of hydrogen-bond donors (Lipinski definition) is 1. The number of ketones is 1. The lowest BCUT2D eigenvalue weighted by atomic mass is 10.1. The van der Waals surface area contributed by atoms with Crippen molar-refractivity contribution in [3.05, 3.63) is 65.9 Å². The fourth-order valence-electron chi connectivity index (χ4n) is 2.55. The van der Waals surface area contributed by atoms with Gasteiger partial charge in [0.1, 0.15) is 11.6 Å². The number of azo groups is 1. The molecule has 0 saturated heterocycles. The predicted octanol–water partition coefficient (Wildman–Crippen LogP) is 3.52. The zero-order chi connectivity index (χ0) is 20.8. The van der Waals surface area contributed by atoms with Gasteiger partial charge in [0.2, 0.25) is 11.8 Å². The van der Waals surface area contributed by atoms with Crippen LogP contribution >= 0.6 is 0 Å². The standard InChI is InChI=1S/C20H14N8O/c1-24-20-14(10-21)12-25-28(20)18-9-15(7-8-16(18)23)26-27-17(11-22)19(29)13-5-3-2-4-6-13/h2-9,12,17H,1,23H2/b27-26+. The van der Waals surface area contributed by atoms with Gasteiger partial charge in [-0.3, -0.25) is 4.79 Å². The molecule has 0 radical (unpaired) electrons. The summed E-state index contributed by atoms with van der Waals surface area (Å²) >= 11 is 0. The van der Waals surface area contributed by atoms with E-state index in [0.29, 0.717) is 22.6 Å². The average molecular weight is 382 g/mol. The monoisotopic (exact) mass is 382 g/mol. The number of anilines is 1. The molecule has 0 fully saturated rings. The van der Waals surface area contributed by atoms with Crippen molar-refractivity contribution in [2.45, 2.75) is 6.04 Å². The largest absolute Gasteiger partial charge is 0.397 e. The quantitative estimate of drug-likeness (QED) is 0.300. The second kappa shape index (κ2) is 8.37. The molecule has 0 aliphatic rings. The number of nitrogen functional groups attached to an aromatic ring is 1. The number of carbonyl (C=O) groups is 1. The van der Waals surface area contributed by atoms with Crippen molar-refractivity contribution >= 4 is 29.7 Å². The van der Waals surface area contributed by atoms with Crippen LogP contribution in [0.5, 0.6) is 0 Å². The summed E-state index contributed by atoms with van der Waals surface area (Å²) in [6, 6.07) is 15.7. The van der Waals surface area contributed by atoms with Gasteiger partial charge in [-0.25, -0.2) is 9.67 Å². The minimum atomic E-state index is -1.28. The molecule has 0 bridgehead atoms. The second-order valence-corrected chi connectivity index (χ2v) is 5.78. The molecule has 2 aromatic carbocycles. The maximum atomic E-state index is 12.4. The van der Waals surface area contributed by atoms with Crippen molar-refractivity contribution < 1.29 is 4.79 Å². The van der Waals surface area contributed by atoms with Gasteiger partial charge >= 0.3 is 0 Å². The van der Waals surface area contributed by atoms with Crippen LogP contribution in [0.15, 0.2) is 69.9 Å². The summed E-state index contributed by atoms with van der Waals surface area (Å²) in [6.45, 7) is 3.45. The first-order valence-electron chi connectivity index (χ1n) is 8.33. The molecule has 0 aliphatic heterocycles. The van der Waals surface area contributed by atoms with Crippen LogP contribution in [0.1, 0.15) is 15.9 Å². The van der Waals surface area contributed by atoms with E-state index in [1.54, 1.807) is 48.5 Å². The lowest BCUT2D eigenvalue weighted by molar-refractivity contribution is 0.0979. The van der Waals surface area contributed by atoms with Crippen molar-refractivity contribution in [2.24, 2.45) is 15.2 Å². The van der Waals surface area contributed by atoms with E-state index in [9.17, 15) is 10.1 Å². The topological polar surface area (TPSA) is 146 Å². The molecule has 9 heteroatoms. The highest BCUT2D eigenvalue weighted by atomic mass is 16.1. The normalized spacial score (nSPS) is 11.5. The van der Waals surface area contributed by atoms with E-state index in [4.69, 9.17) is 11.0 Å². The fourth-order valence-corrected chi connectivity index (χ4v) is 2.55. The first kappa shape index (κ1) is 19.1. The van der Waals surface area contributed by atoms with E-state index in [2.05, 4.69) is 27.0 Å². The first-order valence-corrected chi connectivity index (χ1v) is 8.33. The molecule has 29 heavy (non-hydrogen) atoms. The third-order valence-electron chi connectivity index (χ3n) is 3.97. The van der Waals surface area contributed by atoms with Crippen LogP contribution in [0.3, 0.4) is 0 Å². The van der Waals surface area contributed by atoms with Gasteiger partial charge in [-0.05, 0) is 24.9 Å². The Labute approximate surface area is 166 Å². The molecule has 0 amide bonds. The highest BCUT2D eigenvalue weighted by molar-refractivity contribution is 6.01. The zero-order valence-electron chi connectivity index (χ0n) is 15.1. The van der Waals surface area contributed by atoms with Gasteiger partial charge < -0.3 is 5.73 Å². The van der Waals surface area contributed by atoms with Crippen molar-refractivity contribution in [1.29, 1.82) is 10.5 Å².